The molecule has 0 N–H and O–H groups in total. The zero-order valence-corrected chi connectivity index (χ0v) is 12.5. The summed E-state index contributed by atoms with van der Waals surface area (Å²) in [7, 11) is -0.168. The average Bonchev–Trinajstić information content (AvgIpc) is 2.48. The summed E-state index contributed by atoms with van der Waals surface area (Å²) in [5.74, 6) is 2.20. The van der Waals surface area contributed by atoms with E-state index < -0.39 is 0 Å². The highest BCUT2D eigenvalue weighted by molar-refractivity contribution is 6.51. The zero-order chi connectivity index (χ0) is 13.4. The number of hydrogen-bond donors (Lipinski definition) is 0. The Morgan fingerprint density at radius 2 is 1.61 bits per heavy atom. The molecule has 0 unspecified atom stereocenters. The summed E-state index contributed by atoms with van der Waals surface area (Å²) in [6.07, 6.45) is 2.30. The van der Waals surface area contributed by atoms with E-state index in [-0.39, 0.29) is 18.3 Å². The minimum Gasteiger partial charge on any atom is -0.400 e. The molecule has 2 fully saturated rings. The monoisotopic (exact) mass is 251 g/mol. The van der Waals surface area contributed by atoms with Crippen LogP contribution in [0.15, 0.2) is 11.5 Å². The van der Waals surface area contributed by atoms with Gasteiger partial charge in [0, 0.05) is 13.1 Å². The van der Waals surface area contributed by atoms with Crippen LogP contribution in [0.1, 0.15) is 47.5 Å². The van der Waals surface area contributed by atoms with Gasteiger partial charge in [0.15, 0.2) is 0 Å². The molecule has 0 atom stereocenters. The number of hydrogen-bond acceptors (Lipinski definition) is 3. The van der Waals surface area contributed by atoms with E-state index in [2.05, 4.69) is 45.5 Å². The fraction of sp³-hybridized carbons (Fsp3) is 0.857. The van der Waals surface area contributed by atoms with Gasteiger partial charge in [0.1, 0.15) is 0 Å². The van der Waals surface area contributed by atoms with Crippen molar-refractivity contribution in [2.24, 2.45) is 0 Å². The van der Waals surface area contributed by atoms with Crippen molar-refractivity contribution in [2.75, 3.05) is 19.6 Å². The minimum atomic E-state index is -0.223. The molecule has 0 aliphatic carbocycles. The van der Waals surface area contributed by atoms with E-state index in [0.29, 0.717) is 0 Å². The van der Waals surface area contributed by atoms with E-state index in [1.54, 1.807) is 0 Å². The molecule has 0 aromatic carbocycles. The first-order chi connectivity index (χ1) is 8.34. The van der Waals surface area contributed by atoms with Crippen LogP contribution in [0.3, 0.4) is 0 Å². The molecule has 0 aromatic rings. The van der Waals surface area contributed by atoms with Crippen LogP contribution in [-0.2, 0) is 9.31 Å². The number of nitrogens with zero attached hydrogens (tertiary/aromatic N) is 1. The molecule has 2 heterocycles. The van der Waals surface area contributed by atoms with Gasteiger partial charge in [-0.15, -0.1) is 0 Å². The Hall–Kier alpha value is -0.315. The van der Waals surface area contributed by atoms with Gasteiger partial charge < -0.3 is 14.2 Å². The van der Waals surface area contributed by atoms with Crippen LogP contribution in [0.2, 0.25) is 0 Å². The van der Waals surface area contributed by atoms with Crippen molar-refractivity contribution >= 4 is 7.12 Å². The molecule has 18 heavy (non-hydrogen) atoms. The number of piperidine rings is 1. The lowest BCUT2D eigenvalue weighted by Gasteiger charge is -2.32. The van der Waals surface area contributed by atoms with Crippen LogP contribution in [0.4, 0.5) is 0 Å². The third-order valence-corrected chi connectivity index (χ3v) is 4.59. The fourth-order valence-corrected chi connectivity index (χ4v) is 2.47. The van der Waals surface area contributed by atoms with Crippen LogP contribution in [0, 0.1) is 0 Å². The van der Waals surface area contributed by atoms with Crippen molar-refractivity contribution in [1.82, 2.24) is 4.90 Å². The summed E-state index contributed by atoms with van der Waals surface area (Å²) in [6.45, 7) is 14.1. The first kappa shape index (κ1) is 14.1. The molecule has 102 valence electrons. The van der Waals surface area contributed by atoms with E-state index in [4.69, 9.17) is 9.31 Å². The zero-order valence-electron chi connectivity index (χ0n) is 12.5. The van der Waals surface area contributed by atoms with Crippen LogP contribution in [0.5, 0.6) is 0 Å². The standard InChI is InChI=1S/C14H26BNO2/c1-6-16-9-7-12(8-10-16)11-15-17-13(2,3)14(4,5)18-15/h11H,6-10H2,1-5H3. The summed E-state index contributed by atoms with van der Waals surface area (Å²) in [5, 5.41) is 0. The van der Waals surface area contributed by atoms with Crippen LogP contribution in [0.25, 0.3) is 0 Å². The highest BCUT2D eigenvalue weighted by atomic mass is 16.7. The normalized spacial score (nSPS) is 27.6. The second-order valence-electron chi connectivity index (χ2n) is 6.38. The molecular weight excluding hydrogens is 225 g/mol. The van der Waals surface area contributed by atoms with Gasteiger partial charge in [-0.25, -0.2) is 0 Å². The molecular formula is C14H26BNO2. The van der Waals surface area contributed by atoms with Crippen molar-refractivity contribution in [1.29, 1.82) is 0 Å². The number of rotatable bonds is 2. The van der Waals surface area contributed by atoms with Gasteiger partial charge in [-0.05, 0) is 47.1 Å². The molecule has 3 nitrogen and oxygen atoms in total. The van der Waals surface area contributed by atoms with Crippen LogP contribution >= 0.6 is 0 Å². The maximum atomic E-state index is 6.01. The van der Waals surface area contributed by atoms with Crippen molar-refractivity contribution < 1.29 is 9.31 Å². The number of likely N-dealkylation sites (tertiary alicyclic amines) is 1. The van der Waals surface area contributed by atoms with Gasteiger partial charge in [0.05, 0.1) is 11.2 Å². The predicted octanol–water partition coefficient (Wildman–Crippen LogP) is 2.66. The fourth-order valence-electron chi connectivity index (χ4n) is 2.47. The van der Waals surface area contributed by atoms with E-state index in [1.165, 1.54) is 18.7 Å². The van der Waals surface area contributed by atoms with Crippen molar-refractivity contribution in [2.45, 2.75) is 58.7 Å². The Kier molecular flexibility index (Phi) is 3.91. The molecule has 2 saturated heterocycles. The first-order valence-corrected chi connectivity index (χ1v) is 7.11. The maximum Gasteiger partial charge on any atom is 0.487 e. The summed E-state index contributed by atoms with van der Waals surface area (Å²) >= 11 is 0. The molecule has 0 aromatic heterocycles. The Bertz CT molecular complexity index is 313. The highest BCUT2D eigenvalue weighted by Gasteiger charge is 2.50. The SMILES string of the molecule is CCN1CCC(=CB2OC(C)(C)C(C)(C)O2)CC1. The third kappa shape index (κ3) is 2.81. The van der Waals surface area contributed by atoms with Crippen molar-refractivity contribution in [3.8, 4) is 0 Å². The van der Waals surface area contributed by atoms with Gasteiger partial charge in [0.2, 0.25) is 0 Å². The Morgan fingerprint density at radius 1 is 1.11 bits per heavy atom. The average molecular weight is 251 g/mol. The summed E-state index contributed by atoms with van der Waals surface area (Å²) < 4.78 is 12.0. The molecule has 0 spiro atoms. The van der Waals surface area contributed by atoms with Crippen LogP contribution < -0.4 is 0 Å². The molecule has 2 aliphatic heterocycles. The quantitative estimate of drug-likeness (QED) is 0.704. The maximum absolute atomic E-state index is 6.01. The van der Waals surface area contributed by atoms with E-state index in [0.717, 1.165) is 19.4 Å². The van der Waals surface area contributed by atoms with E-state index >= 15 is 0 Å². The minimum absolute atomic E-state index is 0.168. The third-order valence-electron chi connectivity index (χ3n) is 4.59. The largest absolute Gasteiger partial charge is 0.487 e. The topological polar surface area (TPSA) is 21.7 Å². The van der Waals surface area contributed by atoms with Crippen LogP contribution in [-0.4, -0.2) is 42.9 Å². The van der Waals surface area contributed by atoms with E-state index in [1.807, 2.05) is 0 Å². The molecule has 0 bridgehead atoms. The summed E-state index contributed by atoms with van der Waals surface area (Å²) in [4.78, 5) is 2.49. The van der Waals surface area contributed by atoms with Gasteiger partial charge in [-0.1, -0.05) is 18.5 Å². The van der Waals surface area contributed by atoms with Gasteiger partial charge in [-0.2, -0.15) is 0 Å². The molecule has 0 amide bonds. The summed E-state index contributed by atoms with van der Waals surface area (Å²) in [5.41, 5.74) is 1.04. The Labute approximate surface area is 112 Å². The predicted molar refractivity (Wildman–Crippen MR) is 75.5 cm³/mol. The summed E-state index contributed by atoms with van der Waals surface area (Å²) in [6, 6.07) is 0. The highest BCUT2D eigenvalue weighted by Crippen LogP contribution is 2.37. The Morgan fingerprint density at radius 3 is 2.06 bits per heavy atom. The smallest absolute Gasteiger partial charge is 0.400 e. The Balaban J connectivity index is 1.96. The van der Waals surface area contributed by atoms with Crippen molar-refractivity contribution in [3.63, 3.8) is 0 Å². The van der Waals surface area contributed by atoms with Gasteiger partial charge in [-0.3, -0.25) is 0 Å². The van der Waals surface area contributed by atoms with Crippen molar-refractivity contribution in [3.05, 3.63) is 11.5 Å². The lowest BCUT2D eigenvalue weighted by molar-refractivity contribution is 0.00578. The molecule has 0 saturated carbocycles. The second-order valence-corrected chi connectivity index (χ2v) is 6.38. The lowest BCUT2D eigenvalue weighted by atomic mass is 9.84. The van der Waals surface area contributed by atoms with E-state index in [9.17, 15) is 0 Å². The molecule has 2 rings (SSSR count). The molecule has 2 aliphatic rings. The lowest BCUT2D eigenvalue weighted by Crippen LogP contribution is -2.41. The molecule has 0 radical (unpaired) electrons. The first-order valence-electron chi connectivity index (χ1n) is 7.11. The van der Waals surface area contributed by atoms with Gasteiger partial charge in [0.25, 0.3) is 0 Å². The second kappa shape index (κ2) is 4.99. The van der Waals surface area contributed by atoms with Gasteiger partial charge >= 0.3 is 7.12 Å². The molecule has 4 heteroatoms.